The predicted octanol–water partition coefficient (Wildman–Crippen LogP) is 0.234. The minimum atomic E-state index is 0.177. The number of rotatable bonds is 3. The molecular weight excluding hydrogens is 228 g/mol. The first-order valence-electron chi connectivity index (χ1n) is 6.02. The lowest BCUT2D eigenvalue weighted by Crippen LogP contribution is -2.24. The average Bonchev–Trinajstić information content (AvgIpc) is 2.88. The van der Waals surface area contributed by atoms with Crippen molar-refractivity contribution in [3.05, 3.63) is 37.4 Å². The molecule has 0 aliphatic carbocycles. The van der Waals surface area contributed by atoms with Crippen LogP contribution < -0.4 is 9.13 Å². The Morgan fingerprint density at radius 1 is 1.06 bits per heavy atom. The van der Waals surface area contributed by atoms with E-state index in [4.69, 9.17) is 0 Å². The van der Waals surface area contributed by atoms with Crippen molar-refractivity contribution in [3.8, 4) is 0 Å². The van der Waals surface area contributed by atoms with E-state index in [1.165, 1.54) is 0 Å². The second kappa shape index (κ2) is 6.74. The smallest absolute Gasteiger partial charge is 0.243 e. The van der Waals surface area contributed by atoms with E-state index in [9.17, 15) is 4.79 Å². The van der Waals surface area contributed by atoms with Crippen LogP contribution in [0.1, 0.15) is 13.8 Å². The summed E-state index contributed by atoms with van der Waals surface area (Å²) >= 11 is 0. The van der Waals surface area contributed by atoms with Crippen LogP contribution in [-0.4, -0.2) is 14.9 Å². The number of aryl methyl sites for hydroxylation is 3. The molecule has 0 fully saturated rings. The molecule has 0 unspecified atom stereocenters. The summed E-state index contributed by atoms with van der Waals surface area (Å²) in [4.78, 5) is 10.6. The molecule has 0 radical (unpaired) electrons. The molecule has 2 heterocycles. The summed E-state index contributed by atoms with van der Waals surface area (Å²) in [5.74, 6) is 0.177. The standard InChI is InChI=1S/C7H11N2O.C6H11N2/c1-7(10)5-9-4-3-8(2)6-9;1-3-8-5-4-7(2)6-8/h3-4,6H,5H2,1-2H3;4-6H,3H2,1-2H3/q2*+1. The number of aromatic nitrogens is 4. The lowest BCUT2D eigenvalue weighted by atomic mass is 10.4. The van der Waals surface area contributed by atoms with Crippen LogP contribution in [0.15, 0.2) is 37.4 Å². The van der Waals surface area contributed by atoms with Gasteiger partial charge in [-0.25, -0.2) is 18.3 Å². The van der Waals surface area contributed by atoms with Crippen LogP contribution in [0, 0.1) is 0 Å². The van der Waals surface area contributed by atoms with Crippen LogP contribution >= 0.6 is 0 Å². The highest BCUT2D eigenvalue weighted by Gasteiger charge is 2.01. The second-order valence-electron chi connectivity index (χ2n) is 4.36. The van der Waals surface area contributed by atoms with Crippen molar-refractivity contribution in [2.75, 3.05) is 0 Å². The molecule has 0 saturated carbocycles. The number of carbonyl (C=O) groups is 1. The van der Waals surface area contributed by atoms with Gasteiger partial charge in [-0.05, 0) is 13.8 Å². The summed E-state index contributed by atoms with van der Waals surface area (Å²) in [6, 6.07) is 0. The zero-order chi connectivity index (χ0) is 13.5. The van der Waals surface area contributed by atoms with Gasteiger partial charge in [0.15, 0.2) is 5.78 Å². The van der Waals surface area contributed by atoms with E-state index in [-0.39, 0.29) is 5.78 Å². The number of imidazole rings is 2. The van der Waals surface area contributed by atoms with Gasteiger partial charge in [0, 0.05) is 0 Å². The maximum Gasteiger partial charge on any atom is 0.243 e. The third kappa shape index (κ3) is 4.95. The summed E-state index contributed by atoms with van der Waals surface area (Å²) < 4.78 is 7.91. The highest BCUT2D eigenvalue weighted by Crippen LogP contribution is 1.83. The molecule has 0 aliphatic rings. The third-order valence-electron chi connectivity index (χ3n) is 2.42. The summed E-state index contributed by atoms with van der Waals surface area (Å²) in [7, 11) is 3.95. The van der Waals surface area contributed by atoms with Crippen molar-refractivity contribution in [3.63, 3.8) is 0 Å². The lowest BCUT2D eigenvalue weighted by molar-refractivity contribution is -0.671. The Hall–Kier alpha value is -1.91. The molecule has 5 heteroatoms. The van der Waals surface area contributed by atoms with Gasteiger partial charge in [0.2, 0.25) is 12.7 Å². The molecule has 18 heavy (non-hydrogen) atoms. The monoisotopic (exact) mass is 250 g/mol. The SMILES string of the molecule is CC(=O)Cn1cc[n+](C)c1.CCn1cc[n+](C)c1. The number of nitrogens with zero attached hydrogens (tertiary/aromatic N) is 4. The van der Waals surface area contributed by atoms with Gasteiger partial charge in [-0.3, -0.25) is 4.79 Å². The first-order chi connectivity index (χ1) is 8.51. The van der Waals surface area contributed by atoms with E-state index in [1.807, 2.05) is 52.7 Å². The van der Waals surface area contributed by atoms with Gasteiger partial charge in [0.05, 0.1) is 20.6 Å². The highest BCUT2D eigenvalue weighted by atomic mass is 16.1. The van der Waals surface area contributed by atoms with Crippen molar-refractivity contribution < 1.29 is 13.9 Å². The van der Waals surface area contributed by atoms with Crippen LogP contribution in [0.3, 0.4) is 0 Å². The summed E-state index contributed by atoms with van der Waals surface area (Å²) in [5.41, 5.74) is 0. The Labute approximate surface area is 108 Å². The Morgan fingerprint density at radius 3 is 1.83 bits per heavy atom. The Kier molecular flexibility index (Phi) is 5.30. The molecule has 2 aromatic heterocycles. The van der Waals surface area contributed by atoms with Gasteiger partial charge >= 0.3 is 0 Å². The number of ketones is 1. The maximum absolute atomic E-state index is 10.6. The Bertz CT molecular complexity index is 499. The minimum absolute atomic E-state index is 0.177. The number of carbonyl (C=O) groups excluding carboxylic acids is 1. The van der Waals surface area contributed by atoms with E-state index >= 15 is 0 Å². The van der Waals surface area contributed by atoms with Gasteiger partial charge in [0.1, 0.15) is 31.3 Å². The molecule has 0 atom stereocenters. The lowest BCUT2D eigenvalue weighted by Gasteiger charge is -1.86. The summed E-state index contributed by atoms with van der Waals surface area (Å²) in [5, 5.41) is 0. The van der Waals surface area contributed by atoms with E-state index in [1.54, 1.807) is 6.92 Å². The van der Waals surface area contributed by atoms with Gasteiger partial charge in [-0.1, -0.05) is 0 Å². The zero-order valence-corrected chi connectivity index (χ0v) is 11.6. The quantitative estimate of drug-likeness (QED) is 0.718. The molecule has 2 rings (SSSR count). The molecule has 0 saturated heterocycles. The van der Waals surface area contributed by atoms with Crippen LogP contribution in [0.4, 0.5) is 0 Å². The normalized spacial score (nSPS) is 9.78. The minimum Gasteiger partial charge on any atom is -0.296 e. The fourth-order valence-electron chi connectivity index (χ4n) is 1.54. The van der Waals surface area contributed by atoms with E-state index in [0.717, 1.165) is 6.54 Å². The topological polar surface area (TPSA) is 34.7 Å². The number of Topliss-reactive ketones (excluding diaryl/α,β-unsaturated/α-hetero) is 1. The summed E-state index contributed by atoms with van der Waals surface area (Å²) in [6.07, 6.45) is 11.8. The van der Waals surface area contributed by atoms with Crippen molar-refractivity contribution in [1.82, 2.24) is 9.13 Å². The molecule has 0 aromatic carbocycles. The van der Waals surface area contributed by atoms with E-state index in [0.29, 0.717) is 6.54 Å². The molecule has 0 amide bonds. The Balaban J connectivity index is 0.000000184. The maximum atomic E-state index is 10.6. The van der Waals surface area contributed by atoms with Crippen LogP contribution in [0.5, 0.6) is 0 Å². The van der Waals surface area contributed by atoms with E-state index in [2.05, 4.69) is 24.0 Å². The van der Waals surface area contributed by atoms with Crippen LogP contribution in [0.25, 0.3) is 0 Å². The summed E-state index contributed by atoms with van der Waals surface area (Å²) in [6.45, 7) is 5.24. The fraction of sp³-hybridized carbons (Fsp3) is 0.462. The second-order valence-corrected chi connectivity index (χ2v) is 4.36. The van der Waals surface area contributed by atoms with Crippen molar-refractivity contribution in [1.29, 1.82) is 0 Å². The molecule has 2 aromatic rings. The number of hydrogen-bond acceptors (Lipinski definition) is 1. The average molecular weight is 250 g/mol. The highest BCUT2D eigenvalue weighted by molar-refractivity contribution is 5.75. The third-order valence-corrected chi connectivity index (χ3v) is 2.42. The first kappa shape index (κ1) is 14.2. The molecule has 0 aliphatic heterocycles. The van der Waals surface area contributed by atoms with Gasteiger partial charge in [-0.15, -0.1) is 0 Å². The molecule has 98 valence electrons. The Morgan fingerprint density at radius 2 is 1.56 bits per heavy atom. The molecular formula is C13H22N4O+2. The fourth-order valence-corrected chi connectivity index (χ4v) is 1.54. The van der Waals surface area contributed by atoms with Gasteiger partial charge in [0.25, 0.3) is 0 Å². The molecule has 0 bridgehead atoms. The predicted molar refractivity (Wildman–Crippen MR) is 67.6 cm³/mol. The first-order valence-corrected chi connectivity index (χ1v) is 6.02. The zero-order valence-electron chi connectivity index (χ0n) is 11.6. The van der Waals surface area contributed by atoms with Crippen LogP contribution in [-0.2, 0) is 32.0 Å². The van der Waals surface area contributed by atoms with Crippen molar-refractivity contribution >= 4 is 5.78 Å². The van der Waals surface area contributed by atoms with E-state index < -0.39 is 0 Å². The molecule has 0 spiro atoms. The molecule has 0 N–H and O–H groups in total. The van der Waals surface area contributed by atoms with Crippen molar-refractivity contribution in [2.24, 2.45) is 14.1 Å². The largest absolute Gasteiger partial charge is 0.296 e. The van der Waals surface area contributed by atoms with Gasteiger partial charge < -0.3 is 0 Å². The van der Waals surface area contributed by atoms with Crippen molar-refractivity contribution in [2.45, 2.75) is 26.9 Å². The van der Waals surface area contributed by atoms with Gasteiger partial charge in [-0.2, -0.15) is 0 Å². The molecule has 5 nitrogen and oxygen atoms in total. The van der Waals surface area contributed by atoms with Crippen LogP contribution in [0.2, 0.25) is 0 Å². The number of hydrogen-bond donors (Lipinski definition) is 0.